The molecule has 0 atom stereocenters. The van der Waals surface area contributed by atoms with Gasteiger partial charge in [-0.15, -0.1) is 0 Å². The minimum Gasteiger partial charge on any atom is -0.381 e. The van der Waals surface area contributed by atoms with E-state index in [1.54, 1.807) is 13.2 Å². The van der Waals surface area contributed by atoms with E-state index in [1.165, 1.54) is 0 Å². The maximum atomic E-state index is 12.2. The molecular formula is C16H20N2O2. The van der Waals surface area contributed by atoms with Gasteiger partial charge in [-0.2, -0.15) is 0 Å². The molecule has 0 bridgehead atoms. The molecule has 0 aromatic heterocycles. The van der Waals surface area contributed by atoms with Gasteiger partial charge >= 0.3 is 0 Å². The molecule has 20 heavy (non-hydrogen) atoms. The van der Waals surface area contributed by atoms with Gasteiger partial charge in [0.1, 0.15) is 0 Å². The number of carbonyl (C=O) groups excluding carboxylic acids is 1. The van der Waals surface area contributed by atoms with Crippen molar-refractivity contribution in [3.8, 4) is 11.8 Å². The van der Waals surface area contributed by atoms with Crippen LogP contribution in [0.25, 0.3) is 0 Å². The first-order valence-corrected chi connectivity index (χ1v) is 6.76. The first-order valence-electron chi connectivity index (χ1n) is 6.76. The Morgan fingerprint density at radius 2 is 2.20 bits per heavy atom. The maximum absolute atomic E-state index is 12.2. The zero-order valence-electron chi connectivity index (χ0n) is 11.9. The summed E-state index contributed by atoms with van der Waals surface area (Å²) in [7, 11) is 1.70. The zero-order chi connectivity index (χ0) is 14.5. The minimum absolute atomic E-state index is 0.0518. The van der Waals surface area contributed by atoms with Crippen LogP contribution in [-0.4, -0.2) is 31.7 Å². The van der Waals surface area contributed by atoms with Crippen LogP contribution in [0.2, 0.25) is 0 Å². The standard InChI is InChI=1S/C16H20N2O2/c1-11-6-12(4-3-5-17)8-13(7-11)16(19)18-14-9-15(10-14)20-2/h6-8,14-15H,5,9-10,17H2,1-2H3,(H,18,19). The van der Waals surface area contributed by atoms with Crippen molar-refractivity contribution >= 4 is 5.91 Å². The van der Waals surface area contributed by atoms with Gasteiger partial charge in [-0.25, -0.2) is 0 Å². The van der Waals surface area contributed by atoms with Crippen molar-refractivity contribution in [3.63, 3.8) is 0 Å². The third kappa shape index (κ3) is 3.60. The molecule has 1 amide bonds. The van der Waals surface area contributed by atoms with Gasteiger partial charge in [0.25, 0.3) is 5.91 Å². The predicted molar refractivity (Wildman–Crippen MR) is 78.4 cm³/mol. The fraction of sp³-hybridized carbons (Fsp3) is 0.438. The molecule has 3 N–H and O–H groups in total. The average molecular weight is 272 g/mol. The smallest absolute Gasteiger partial charge is 0.251 e. The van der Waals surface area contributed by atoms with E-state index in [2.05, 4.69) is 17.2 Å². The topological polar surface area (TPSA) is 64.3 Å². The second-order valence-corrected chi connectivity index (χ2v) is 5.09. The lowest BCUT2D eigenvalue weighted by Gasteiger charge is -2.34. The summed E-state index contributed by atoms with van der Waals surface area (Å²) in [6.45, 7) is 2.27. The van der Waals surface area contributed by atoms with Gasteiger partial charge in [-0.3, -0.25) is 4.79 Å². The van der Waals surface area contributed by atoms with Crippen molar-refractivity contribution in [1.29, 1.82) is 0 Å². The van der Waals surface area contributed by atoms with E-state index in [-0.39, 0.29) is 18.1 Å². The first kappa shape index (κ1) is 14.6. The largest absolute Gasteiger partial charge is 0.381 e. The molecular weight excluding hydrogens is 252 g/mol. The molecule has 1 aliphatic rings. The fourth-order valence-corrected chi connectivity index (χ4v) is 2.28. The second kappa shape index (κ2) is 6.56. The van der Waals surface area contributed by atoms with Crippen molar-refractivity contribution in [1.82, 2.24) is 5.32 Å². The highest BCUT2D eigenvalue weighted by Crippen LogP contribution is 2.23. The molecule has 1 aromatic rings. The van der Waals surface area contributed by atoms with E-state index in [0.29, 0.717) is 12.1 Å². The predicted octanol–water partition coefficient (Wildman–Crippen LogP) is 1.21. The van der Waals surface area contributed by atoms with Crippen LogP contribution < -0.4 is 11.1 Å². The van der Waals surface area contributed by atoms with Crippen LogP contribution in [0.15, 0.2) is 18.2 Å². The number of carbonyl (C=O) groups is 1. The summed E-state index contributed by atoms with van der Waals surface area (Å²) in [5, 5.41) is 3.02. The Hall–Kier alpha value is -1.83. The highest BCUT2D eigenvalue weighted by atomic mass is 16.5. The van der Waals surface area contributed by atoms with Crippen LogP contribution in [0.3, 0.4) is 0 Å². The summed E-state index contributed by atoms with van der Waals surface area (Å²) >= 11 is 0. The molecule has 0 unspecified atom stereocenters. The van der Waals surface area contributed by atoms with Gasteiger partial charge in [0, 0.05) is 24.3 Å². The highest BCUT2D eigenvalue weighted by Gasteiger charge is 2.30. The van der Waals surface area contributed by atoms with Gasteiger partial charge < -0.3 is 15.8 Å². The second-order valence-electron chi connectivity index (χ2n) is 5.09. The van der Waals surface area contributed by atoms with Crippen molar-refractivity contribution in [2.45, 2.75) is 31.9 Å². The van der Waals surface area contributed by atoms with Crippen molar-refractivity contribution in [2.24, 2.45) is 5.73 Å². The summed E-state index contributed by atoms with van der Waals surface area (Å²) in [6.07, 6.45) is 2.05. The average Bonchev–Trinajstić information content (AvgIpc) is 2.39. The molecule has 0 aliphatic heterocycles. The van der Waals surface area contributed by atoms with Crippen LogP contribution in [0.4, 0.5) is 0 Å². The number of hydrogen-bond acceptors (Lipinski definition) is 3. The van der Waals surface area contributed by atoms with Crippen LogP contribution in [0.5, 0.6) is 0 Å². The molecule has 0 saturated heterocycles. The van der Waals surface area contributed by atoms with E-state index < -0.39 is 0 Å². The number of nitrogens with one attached hydrogen (secondary N) is 1. The number of aryl methyl sites for hydroxylation is 1. The van der Waals surface area contributed by atoms with Crippen molar-refractivity contribution in [2.75, 3.05) is 13.7 Å². The molecule has 106 valence electrons. The normalized spacial score (nSPS) is 20.6. The number of hydrogen-bond donors (Lipinski definition) is 2. The number of nitrogens with two attached hydrogens (primary N) is 1. The lowest BCUT2D eigenvalue weighted by molar-refractivity contribution is 0.0176. The molecule has 1 saturated carbocycles. The van der Waals surface area contributed by atoms with Crippen LogP contribution >= 0.6 is 0 Å². The van der Waals surface area contributed by atoms with Gasteiger partial charge in [-0.1, -0.05) is 11.8 Å². The van der Waals surface area contributed by atoms with Crippen molar-refractivity contribution in [3.05, 3.63) is 34.9 Å². The SMILES string of the molecule is COC1CC(NC(=O)c2cc(C)cc(C#CCN)c2)C1. The molecule has 0 heterocycles. The quantitative estimate of drug-likeness (QED) is 0.813. The summed E-state index contributed by atoms with van der Waals surface area (Å²) in [5.74, 6) is 5.72. The van der Waals surface area contributed by atoms with Crippen LogP contribution in [0, 0.1) is 18.8 Å². The Labute approximate surface area is 119 Å². The Balaban J connectivity index is 2.04. The molecule has 2 rings (SSSR count). The number of benzene rings is 1. The number of methoxy groups -OCH3 is 1. The van der Waals surface area contributed by atoms with Crippen LogP contribution in [-0.2, 0) is 4.74 Å². The van der Waals surface area contributed by atoms with Crippen LogP contribution in [0.1, 0.15) is 34.3 Å². The summed E-state index contributed by atoms with van der Waals surface area (Å²) in [4.78, 5) is 12.2. The first-order chi connectivity index (χ1) is 9.62. The Morgan fingerprint density at radius 3 is 2.85 bits per heavy atom. The molecule has 1 aliphatic carbocycles. The van der Waals surface area contributed by atoms with Crippen molar-refractivity contribution < 1.29 is 9.53 Å². The van der Waals surface area contributed by atoms with E-state index in [0.717, 1.165) is 24.0 Å². The molecule has 1 fully saturated rings. The maximum Gasteiger partial charge on any atom is 0.251 e. The number of rotatable bonds is 3. The lowest BCUT2D eigenvalue weighted by atomic mass is 9.89. The molecule has 0 radical (unpaired) electrons. The molecule has 1 aromatic carbocycles. The number of ether oxygens (including phenoxy) is 1. The number of amides is 1. The fourth-order valence-electron chi connectivity index (χ4n) is 2.28. The Kier molecular flexibility index (Phi) is 4.78. The summed E-state index contributed by atoms with van der Waals surface area (Å²) in [5.41, 5.74) is 7.85. The van der Waals surface area contributed by atoms with E-state index in [1.807, 2.05) is 19.1 Å². The van der Waals surface area contributed by atoms with Gasteiger partial charge in [0.15, 0.2) is 0 Å². The van der Waals surface area contributed by atoms with E-state index in [4.69, 9.17) is 10.5 Å². The third-order valence-corrected chi connectivity index (χ3v) is 3.44. The highest BCUT2D eigenvalue weighted by molar-refractivity contribution is 5.95. The summed E-state index contributed by atoms with van der Waals surface area (Å²) in [6, 6.07) is 5.84. The zero-order valence-corrected chi connectivity index (χ0v) is 11.9. The van der Waals surface area contributed by atoms with Gasteiger partial charge in [-0.05, 0) is 43.5 Å². The van der Waals surface area contributed by atoms with E-state index >= 15 is 0 Å². The van der Waals surface area contributed by atoms with Gasteiger partial charge in [0.05, 0.1) is 12.6 Å². The molecule has 4 nitrogen and oxygen atoms in total. The lowest BCUT2D eigenvalue weighted by Crippen LogP contribution is -2.47. The minimum atomic E-state index is -0.0518. The third-order valence-electron chi connectivity index (χ3n) is 3.44. The van der Waals surface area contributed by atoms with E-state index in [9.17, 15) is 4.79 Å². The van der Waals surface area contributed by atoms with Gasteiger partial charge in [0.2, 0.25) is 0 Å². The Morgan fingerprint density at radius 1 is 1.45 bits per heavy atom. The summed E-state index contributed by atoms with van der Waals surface area (Å²) < 4.78 is 5.20. The monoisotopic (exact) mass is 272 g/mol. The molecule has 4 heteroatoms. The Bertz CT molecular complexity index is 551. The molecule has 0 spiro atoms.